The summed E-state index contributed by atoms with van der Waals surface area (Å²) in [6.45, 7) is 3.65. The Balaban J connectivity index is 1.69. The molecule has 3 rings (SSSR count). The summed E-state index contributed by atoms with van der Waals surface area (Å²) in [4.78, 5) is 28.4. The van der Waals surface area contributed by atoms with Crippen molar-refractivity contribution < 1.29 is 4.79 Å². The highest BCUT2D eigenvalue weighted by atomic mass is 16.2. The first-order chi connectivity index (χ1) is 11.7. The minimum absolute atomic E-state index is 0.0764. The maximum Gasteiger partial charge on any atom is 0.346 e. The molecule has 0 saturated carbocycles. The van der Waals surface area contributed by atoms with E-state index in [2.05, 4.69) is 15.4 Å². The number of nitrogens with one attached hydrogen (secondary N) is 1. The number of amides is 1. The molecule has 0 radical (unpaired) electrons. The van der Waals surface area contributed by atoms with Gasteiger partial charge in [-0.3, -0.25) is 14.3 Å². The average Bonchev–Trinajstić information content (AvgIpc) is 2.74. The highest BCUT2D eigenvalue weighted by molar-refractivity contribution is 5.76. The largest absolute Gasteiger partial charge is 0.356 e. The molecule has 0 unspecified atom stereocenters. The van der Waals surface area contributed by atoms with Crippen molar-refractivity contribution in [1.82, 2.24) is 24.6 Å². The average molecular weight is 329 g/mol. The number of hydrogen-bond donors (Lipinski definition) is 1. The maximum absolute atomic E-state index is 12.6. The molecule has 0 saturated heterocycles. The Morgan fingerprint density at radius 3 is 3.04 bits per heavy atom. The van der Waals surface area contributed by atoms with Gasteiger partial charge in [-0.2, -0.15) is 5.10 Å². The van der Waals surface area contributed by atoms with Gasteiger partial charge in [0.05, 0.1) is 6.54 Å². The molecule has 1 amide bonds. The third-order valence-corrected chi connectivity index (χ3v) is 4.44. The van der Waals surface area contributed by atoms with E-state index in [-0.39, 0.29) is 11.6 Å². The summed E-state index contributed by atoms with van der Waals surface area (Å²) >= 11 is 0. The molecule has 7 heteroatoms. The highest BCUT2D eigenvalue weighted by Gasteiger charge is 2.22. The van der Waals surface area contributed by atoms with Gasteiger partial charge in [-0.25, -0.2) is 9.48 Å². The maximum atomic E-state index is 12.6. The molecule has 7 nitrogen and oxygen atoms in total. The number of aromatic nitrogens is 4. The zero-order valence-electron chi connectivity index (χ0n) is 13.9. The van der Waals surface area contributed by atoms with Crippen molar-refractivity contribution in [3.63, 3.8) is 0 Å². The van der Waals surface area contributed by atoms with Crippen molar-refractivity contribution in [2.24, 2.45) is 5.92 Å². The van der Waals surface area contributed by atoms with E-state index in [9.17, 15) is 9.59 Å². The van der Waals surface area contributed by atoms with Gasteiger partial charge in [0, 0.05) is 38.3 Å². The molecule has 1 atom stereocenters. The fourth-order valence-corrected chi connectivity index (χ4v) is 3.19. The lowest BCUT2D eigenvalue weighted by molar-refractivity contribution is -0.122. The van der Waals surface area contributed by atoms with Crippen molar-refractivity contribution in [2.45, 2.75) is 45.7 Å². The van der Waals surface area contributed by atoms with Crippen molar-refractivity contribution in [3.8, 4) is 0 Å². The monoisotopic (exact) mass is 329 g/mol. The summed E-state index contributed by atoms with van der Waals surface area (Å²) in [5, 5.41) is 7.34. The Bertz CT molecular complexity index is 750. The minimum Gasteiger partial charge on any atom is -0.356 e. The first kappa shape index (κ1) is 16.4. The van der Waals surface area contributed by atoms with Gasteiger partial charge < -0.3 is 5.32 Å². The number of rotatable bonds is 5. The number of hydrogen-bond acceptors (Lipinski definition) is 4. The van der Waals surface area contributed by atoms with Gasteiger partial charge in [0.2, 0.25) is 5.91 Å². The van der Waals surface area contributed by atoms with E-state index in [4.69, 9.17) is 0 Å². The molecule has 0 spiro atoms. The van der Waals surface area contributed by atoms with E-state index >= 15 is 0 Å². The van der Waals surface area contributed by atoms with Crippen LogP contribution in [0.3, 0.4) is 0 Å². The molecule has 0 aromatic carbocycles. The van der Waals surface area contributed by atoms with Crippen LogP contribution in [0.1, 0.15) is 37.6 Å². The van der Waals surface area contributed by atoms with Gasteiger partial charge >= 0.3 is 5.69 Å². The molecule has 1 N–H and O–H groups in total. The summed E-state index contributed by atoms with van der Waals surface area (Å²) in [5.41, 5.74) is 0.884. The molecular formula is C17H23N5O2. The molecule has 0 bridgehead atoms. The van der Waals surface area contributed by atoms with E-state index < -0.39 is 0 Å². The van der Waals surface area contributed by atoms with Gasteiger partial charge in [0.25, 0.3) is 0 Å². The quantitative estimate of drug-likeness (QED) is 0.886. The third-order valence-electron chi connectivity index (χ3n) is 4.44. The second-order valence-electron chi connectivity index (χ2n) is 6.22. The number of aryl methyl sites for hydroxylation is 1. The predicted molar refractivity (Wildman–Crippen MR) is 89.6 cm³/mol. The number of pyridine rings is 1. The summed E-state index contributed by atoms with van der Waals surface area (Å²) in [6, 6.07) is 3.79. The number of carbonyl (C=O) groups is 1. The second kappa shape index (κ2) is 7.42. The lowest BCUT2D eigenvalue weighted by Gasteiger charge is -2.12. The second-order valence-corrected chi connectivity index (χ2v) is 6.22. The van der Waals surface area contributed by atoms with Crippen LogP contribution in [0.5, 0.6) is 0 Å². The molecule has 1 aliphatic heterocycles. The summed E-state index contributed by atoms with van der Waals surface area (Å²) < 4.78 is 3.27. The van der Waals surface area contributed by atoms with E-state index in [1.165, 1.54) is 4.68 Å². The molecule has 24 heavy (non-hydrogen) atoms. The smallest absolute Gasteiger partial charge is 0.346 e. The number of carbonyl (C=O) groups excluding carboxylic acids is 1. The van der Waals surface area contributed by atoms with Gasteiger partial charge in [0.15, 0.2) is 0 Å². The summed E-state index contributed by atoms with van der Waals surface area (Å²) in [6.07, 6.45) is 6.45. The molecule has 1 aliphatic rings. The standard InChI is InChI=1S/C17H23N5O2/c1-2-19-16(23)10-13-5-6-15-20-22(17(24)21(15)9-7-13)12-14-4-3-8-18-11-14/h3-4,8,11,13H,2,5-7,9-10,12H2,1H3,(H,19,23)/t13-/m0/s1. The van der Waals surface area contributed by atoms with Crippen LogP contribution in [0.4, 0.5) is 0 Å². The fourth-order valence-electron chi connectivity index (χ4n) is 3.19. The van der Waals surface area contributed by atoms with Crippen molar-refractivity contribution >= 4 is 5.91 Å². The Morgan fingerprint density at radius 2 is 2.29 bits per heavy atom. The van der Waals surface area contributed by atoms with Crippen LogP contribution in [0.15, 0.2) is 29.3 Å². The zero-order valence-corrected chi connectivity index (χ0v) is 13.9. The summed E-state index contributed by atoms with van der Waals surface area (Å²) in [5.74, 6) is 1.22. The molecular weight excluding hydrogens is 306 g/mol. The van der Waals surface area contributed by atoms with Gasteiger partial charge in [-0.05, 0) is 37.3 Å². The first-order valence-electron chi connectivity index (χ1n) is 8.49. The van der Waals surface area contributed by atoms with Crippen LogP contribution in [0.2, 0.25) is 0 Å². The van der Waals surface area contributed by atoms with Crippen molar-refractivity contribution in [2.75, 3.05) is 6.54 Å². The molecule has 3 heterocycles. The zero-order chi connectivity index (χ0) is 16.9. The van der Waals surface area contributed by atoms with E-state index in [1.807, 2.05) is 19.1 Å². The van der Waals surface area contributed by atoms with E-state index in [0.29, 0.717) is 32.0 Å². The molecule has 0 fully saturated rings. The third kappa shape index (κ3) is 3.72. The van der Waals surface area contributed by atoms with E-state index in [1.54, 1.807) is 17.0 Å². The van der Waals surface area contributed by atoms with Crippen molar-refractivity contribution in [1.29, 1.82) is 0 Å². The predicted octanol–water partition coefficient (Wildman–Crippen LogP) is 0.967. The molecule has 2 aromatic rings. The minimum atomic E-state index is -0.0764. The molecule has 2 aromatic heterocycles. The Morgan fingerprint density at radius 1 is 1.42 bits per heavy atom. The fraction of sp³-hybridized carbons (Fsp3) is 0.529. The van der Waals surface area contributed by atoms with Gasteiger partial charge in [-0.15, -0.1) is 0 Å². The van der Waals surface area contributed by atoms with E-state index in [0.717, 1.165) is 30.7 Å². The topological polar surface area (TPSA) is 81.8 Å². The Kier molecular flexibility index (Phi) is 5.08. The number of nitrogens with zero attached hydrogens (tertiary/aromatic N) is 4. The number of fused-ring (bicyclic) bond motifs is 1. The Hall–Kier alpha value is -2.44. The summed E-state index contributed by atoms with van der Waals surface area (Å²) in [7, 11) is 0. The molecule has 0 aliphatic carbocycles. The lowest BCUT2D eigenvalue weighted by atomic mass is 9.96. The first-order valence-corrected chi connectivity index (χ1v) is 8.49. The SMILES string of the molecule is CCNC(=O)C[C@H]1CCc2nn(Cc3cccnc3)c(=O)n2CC1. The van der Waals surface area contributed by atoms with Crippen LogP contribution in [0.25, 0.3) is 0 Å². The van der Waals surface area contributed by atoms with Crippen LogP contribution in [0, 0.1) is 5.92 Å². The van der Waals surface area contributed by atoms with Crippen LogP contribution in [-0.4, -0.2) is 31.8 Å². The van der Waals surface area contributed by atoms with Crippen molar-refractivity contribution in [3.05, 3.63) is 46.4 Å². The molecule has 128 valence electrons. The van der Waals surface area contributed by atoms with Crippen LogP contribution in [-0.2, 0) is 24.3 Å². The lowest BCUT2D eigenvalue weighted by Crippen LogP contribution is -2.27. The van der Waals surface area contributed by atoms with Gasteiger partial charge in [0.1, 0.15) is 5.82 Å². The normalized spacial score (nSPS) is 17.1. The Labute approximate surface area is 140 Å². The highest BCUT2D eigenvalue weighted by Crippen LogP contribution is 2.21. The van der Waals surface area contributed by atoms with Crippen LogP contribution < -0.4 is 11.0 Å². The van der Waals surface area contributed by atoms with Gasteiger partial charge in [-0.1, -0.05) is 6.07 Å². The van der Waals surface area contributed by atoms with Crippen LogP contribution >= 0.6 is 0 Å².